The van der Waals surface area contributed by atoms with Crippen molar-refractivity contribution < 1.29 is 14.3 Å². The zero-order chi connectivity index (χ0) is 13.1. The average Bonchev–Trinajstić information content (AvgIpc) is 2.75. The lowest BCUT2D eigenvalue weighted by atomic mass is 10.3. The molecule has 0 saturated heterocycles. The van der Waals surface area contributed by atoms with Gasteiger partial charge in [-0.05, 0) is 12.1 Å². The Balaban J connectivity index is 2.57. The van der Waals surface area contributed by atoms with Gasteiger partial charge < -0.3 is 10.1 Å². The van der Waals surface area contributed by atoms with E-state index in [1.54, 1.807) is 31.2 Å². The van der Waals surface area contributed by atoms with Gasteiger partial charge in [-0.15, -0.1) is 0 Å². The molecule has 6 heteroatoms. The molecule has 1 N–H and O–H groups in total. The van der Waals surface area contributed by atoms with Crippen LogP contribution in [0.15, 0.2) is 24.3 Å². The lowest BCUT2D eigenvalue weighted by molar-refractivity contribution is 0.0904. The first-order valence-corrected chi connectivity index (χ1v) is 5.57. The summed E-state index contributed by atoms with van der Waals surface area (Å²) in [4.78, 5) is 27.2. The van der Waals surface area contributed by atoms with Crippen LogP contribution in [-0.4, -0.2) is 28.6 Å². The molecule has 0 aliphatic heterocycles. The van der Waals surface area contributed by atoms with E-state index in [0.717, 1.165) is 0 Å². The molecule has 0 radical (unpaired) electrons. The summed E-state index contributed by atoms with van der Waals surface area (Å²) in [6.45, 7) is 1.74. The molecule has 0 aliphatic rings. The van der Waals surface area contributed by atoms with Crippen molar-refractivity contribution in [2.45, 2.75) is 13.3 Å². The number of benzene rings is 1. The highest BCUT2D eigenvalue weighted by Gasteiger charge is 2.18. The summed E-state index contributed by atoms with van der Waals surface area (Å²) in [5.74, 6) is -0.178. The number of carbonyl (C=O) groups is 2. The normalized spacial score (nSPS) is 10.3. The van der Waals surface area contributed by atoms with E-state index in [2.05, 4.69) is 10.3 Å². The molecule has 0 bridgehead atoms. The van der Waals surface area contributed by atoms with Crippen LogP contribution in [0.2, 0.25) is 0 Å². The minimum absolute atomic E-state index is 0.0117. The zero-order valence-electron chi connectivity index (χ0n) is 10.1. The fraction of sp³-hybridized carbons (Fsp3) is 0.250. The van der Waals surface area contributed by atoms with Gasteiger partial charge in [0.05, 0.1) is 11.0 Å². The minimum Gasteiger partial charge on any atom is -0.375 e. The molecule has 2 rings (SSSR count). The average molecular weight is 247 g/mol. The van der Waals surface area contributed by atoms with Crippen LogP contribution in [0.1, 0.15) is 18.1 Å². The van der Waals surface area contributed by atoms with E-state index < -0.39 is 6.09 Å². The van der Waals surface area contributed by atoms with Gasteiger partial charge in [-0.25, -0.2) is 9.36 Å². The van der Waals surface area contributed by atoms with Crippen molar-refractivity contribution in [3.63, 3.8) is 0 Å². The molecule has 2 aromatic rings. The van der Waals surface area contributed by atoms with Gasteiger partial charge in [0.15, 0.2) is 0 Å². The smallest absolute Gasteiger partial charge is 0.375 e. The van der Waals surface area contributed by atoms with Crippen LogP contribution in [0.25, 0.3) is 11.0 Å². The quantitative estimate of drug-likeness (QED) is 0.878. The van der Waals surface area contributed by atoms with Gasteiger partial charge in [0.25, 0.3) is 0 Å². The fourth-order valence-corrected chi connectivity index (χ4v) is 1.61. The van der Waals surface area contributed by atoms with Gasteiger partial charge in [0, 0.05) is 13.5 Å². The van der Waals surface area contributed by atoms with Crippen LogP contribution >= 0.6 is 0 Å². The summed E-state index contributed by atoms with van der Waals surface area (Å²) in [6, 6.07) is 7.10. The molecule has 6 nitrogen and oxygen atoms in total. The Morgan fingerprint density at radius 1 is 1.39 bits per heavy atom. The molecule has 0 spiro atoms. The maximum Gasteiger partial charge on any atom is 0.414 e. The number of amides is 1. The minimum atomic E-state index is -0.657. The number of nitrogens with one attached hydrogen (secondary N) is 1. The van der Waals surface area contributed by atoms with E-state index in [9.17, 15) is 9.59 Å². The molecule has 1 aromatic heterocycles. The molecule has 18 heavy (non-hydrogen) atoms. The monoisotopic (exact) mass is 247 g/mol. The van der Waals surface area contributed by atoms with Crippen LogP contribution in [0, 0.1) is 0 Å². The highest BCUT2D eigenvalue weighted by atomic mass is 16.6. The number of hydrogen-bond acceptors (Lipinski definition) is 4. The summed E-state index contributed by atoms with van der Waals surface area (Å²) >= 11 is 0. The molecule has 94 valence electrons. The maximum absolute atomic E-state index is 11.9. The van der Waals surface area contributed by atoms with Gasteiger partial charge in [0.2, 0.25) is 5.91 Å². The number of imidazole rings is 1. The Kier molecular flexibility index (Phi) is 3.27. The number of hydrogen-bond donors (Lipinski definition) is 1. The Labute approximate surface area is 104 Å². The van der Waals surface area contributed by atoms with Crippen LogP contribution < -0.4 is 10.1 Å². The molecule has 1 aromatic carbocycles. The Morgan fingerprint density at radius 3 is 2.78 bits per heavy atom. The second-order valence-electron chi connectivity index (χ2n) is 3.61. The van der Waals surface area contributed by atoms with Crippen molar-refractivity contribution >= 4 is 23.0 Å². The third kappa shape index (κ3) is 2.04. The van der Waals surface area contributed by atoms with Gasteiger partial charge in [0.1, 0.15) is 0 Å². The van der Waals surface area contributed by atoms with E-state index in [0.29, 0.717) is 17.5 Å². The van der Waals surface area contributed by atoms with Crippen molar-refractivity contribution in [3.8, 4) is 6.01 Å². The van der Waals surface area contributed by atoms with Gasteiger partial charge in [-0.2, -0.15) is 4.98 Å². The van der Waals surface area contributed by atoms with Crippen molar-refractivity contribution in [1.82, 2.24) is 14.9 Å². The van der Waals surface area contributed by atoms with Crippen molar-refractivity contribution in [1.29, 1.82) is 0 Å². The first kappa shape index (κ1) is 12.1. The van der Waals surface area contributed by atoms with Gasteiger partial charge in [-0.3, -0.25) is 4.79 Å². The predicted molar refractivity (Wildman–Crippen MR) is 65.7 cm³/mol. The molecule has 1 heterocycles. The number of ether oxygens (including phenoxy) is 1. The summed E-state index contributed by atoms with van der Waals surface area (Å²) in [5, 5.41) is 2.32. The Bertz CT molecular complexity index is 604. The van der Waals surface area contributed by atoms with Crippen LogP contribution in [0.4, 0.5) is 4.79 Å². The molecule has 0 atom stereocenters. The largest absolute Gasteiger partial charge is 0.414 e. The number of nitrogens with zero attached hydrogens (tertiary/aromatic N) is 2. The summed E-state index contributed by atoms with van der Waals surface area (Å²) < 4.78 is 6.29. The molecular formula is C12H13N3O3. The SMILES string of the molecule is CCC(=O)n1c(OC(=O)NC)nc2ccccc21. The first-order chi connectivity index (χ1) is 8.67. The second kappa shape index (κ2) is 4.87. The molecule has 1 amide bonds. The number of carbonyl (C=O) groups excluding carboxylic acids is 2. The number of para-hydroxylation sites is 2. The maximum atomic E-state index is 11.9. The lowest BCUT2D eigenvalue weighted by Gasteiger charge is -2.05. The molecular weight excluding hydrogens is 234 g/mol. The standard InChI is InChI=1S/C12H13N3O3/c1-3-10(16)15-9-7-5-4-6-8(9)14-11(15)18-12(17)13-2/h4-7H,3H2,1-2H3,(H,13,17). The van der Waals surface area contributed by atoms with Crippen LogP contribution in [-0.2, 0) is 0 Å². The summed E-state index contributed by atoms with van der Waals surface area (Å²) in [5.41, 5.74) is 1.24. The second-order valence-corrected chi connectivity index (χ2v) is 3.61. The third-order valence-electron chi connectivity index (χ3n) is 2.47. The van der Waals surface area contributed by atoms with Crippen molar-refractivity contribution in [2.75, 3.05) is 7.05 Å². The number of rotatable bonds is 2. The highest BCUT2D eigenvalue weighted by Crippen LogP contribution is 2.21. The van der Waals surface area contributed by atoms with E-state index >= 15 is 0 Å². The van der Waals surface area contributed by atoms with Gasteiger partial charge >= 0.3 is 12.1 Å². The predicted octanol–water partition coefficient (Wildman–Crippen LogP) is 1.80. The summed E-state index contributed by atoms with van der Waals surface area (Å²) in [7, 11) is 1.44. The van der Waals surface area contributed by atoms with Crippen LogP contribution in [0.3, 0.4) is 0 Å². The van der Waals surface area contributed by atoms with Crippen molar-refractivity contribution in [2.24, 2.45) is 0 Å². The topological polar surface area (TPSA) is 73.2 Å². The van der Waals surface area contributed by atoms with E-state index in [1.165, 1.54) is 11.6 Å². The lowest BCUT2D eigenvalue weighted by Crippen LogP contribution is -2.24. The highest BCUT2D eigenvalue weighted by molar-refractivity contribution is 5.92. The fourth-order valence-electron chi connectivity index (χ4n) is 1.61. The van der Waals surface area contributed by atoms with E-state index in [-0.39, 0.29) is 11.9 Å². The van der Waals surface area contributed by atoms with Crippen LogP contribution in [0.5, 0.6) is 6.01 Å². The zero-order valence-corrected chi connectivity index (χ0v) is 10.1. The van der Waals surface area contributed by atoms with E-state index in [4.69, 9.17) is 4.74 Å². The number of aromatic nitrogens is 2. The molecule has 0 fully saturated rings. The molecule has 0 saturated carbocycles. The van der Waals surface area contributed by atoms with Gasteiger partial charge in [-0.1, -0.05) is 19.1 Å². The first-order valence-electron chi connectivity index (χ1n) is 5.57. The van der Waals surface area contributed by atoms with E-state index in [1.807, 2.05) is 0 Å². The summed E-state index contributed by atoms with van der Waals surface area (Å²) in [6.07, 6.45) is -0.361. The third-order valence-corrected chi connectivity index (χ3v) is 2.47. The Hall–Kier alpha value is -2.37. The van der Waals surface area contributed by atoms with Crippen molar-refractivity contribution in [3.05, 3.63) is 24.3 Å². The molecule has 0 unspecified atom stereocenters. The molecule has 0 aliphatic carbocycles. The number of fused-ring (bicyclic) bond motifs is 1. The Morgan fingerprint density at radius 2 is 2.11 bits per heavy atom.